The lowest BCUT2D eigenvalue weighted by Crippen LogP contribution is -2.24. The summed E-state index contributed by atoms with van der Waals surface area (Å²) < 4.78 is 52.6. The van der Waals surface area contributed by atoms with E-state index in [9.17, 15) is 9.59 Å². The van der Waals surface area contributed by atoms with Gasteiger partial charge >= 0.3 is 11.9 Å². The summed E-state index contributed by atoms with van der Waals surface area (Å²) in [5, 5.41) is 50.4. The summed E-state index contributed by atoms with van der Waals surface area (Å²) in [5.74, 6) is -1.87. The highest BCUT2D eigenvalue weighted by Crippen LogP contribution is 1.97. The predicted octanol–water partition coefficient (Wildman–Crippen LogP) is 0.568. The van der Waals surface area contributed by atoms with Crippen LogP contribution in [0.5, 0.6) is 0 Å². The van der Waals surface area contributed by atoms with Gasteiger partial charge in [0.2, 0.25) is 0 Å². The molecule has 0 aliphatic heterocycles. The average molecular weight is 779 g/mol. The summed E-state index contributed by atoms with van der Waals surface area (Å²) in [5.41, 5.74) is 0.352. The molecule has 0 aromatic carbocycles. The van der Waals surface area contributed by atoms with E-state index in [0.29, 0.717) is 119 Å². The number of hydrogen-bond acceptors (Lipinski definition) is 16. The first-order valence-electron chi connectivity index (χ1n) is 17.4. The van der Waals surface area contributed by atoms with Crippen LogP contribution in [0, 0.1) is 0 Å². The Hall–Kier alpha value is -2.14. The molecule has 0 rings (SSSR count). The Kier molecular flexibility index (Phi) is 52.0. The Morgan fingerprint density at radius 2 is 0.698 bits per heavy atom. The van der Waals surface area contributed by atoms with Crippen LogP contribution in [0.3, 0.4) is 0 Å². The number of aliphatic carboxylic acids is 2. The van der Waals surface area contributed by atoms with Crippen LogP contribution < -0.4 is 0 Å². The molecular formula is C35H70O18. The van der Waals surface area contributed by atoms with E-state index in [0.717, 1.165) is 0 Å². The van der Waals surface area contributed by atoms with Gasteiger partial charge < -0.3 is 78.0 Å². The van der Waals surface area contributed by atoms with E-state index in [1.807, 2.05) is 6.92 Å². The molecule has 0 fully saturated rings. The summed E-state index contributed by atoms with van der Waals surface area (Å²) in [6.45, 7) is 23.1. The predicted molar refractivity (Wildman–Crippen MR) is 195 cm³/mol. The molecule has 318 valence electrons. The van der Waals surface area contributed by atoms with Gasteiger partial charge in [0.05, 0.1) is 157 Å². The number of hydrogen-bond donors (Lipinski definition) is 6. The maximum atomic E-state index is 9.60. The molecule has 0 heterocycles. The largest absolute Gasteiger partial charge is 0.478 e. The lowest BCUT2D eigenvalue weighted by molar-refractivity contribution is -0.133. The highest BCUT2D eigenvalue weighted by molar-refractivity contribution is 5.85. The SMILES string of the molecule is C=C(C)C(=O)O.C=C(C)C(=O)O.CC(O)COC(C)COC(C)CO.OCCOCCOCCOCCOCCOCCOCCOCCOCCO. The van der Waals surface area contributed by atoms with E-state index in [1.54, 1.807) is 13.8 Å². The van der Waals surface area contributed by atoms with Crippen molar-refractivity contribution in [1.82, 2.24) is 0 Å². The lowest BCUT2D eigenvalue weighted by atomic mass is 10.4. The Balaban J connectivity index is -0.000000390. The van der Waals surface area contributed by atoms with Crippen molar-refractivity contribution in [2.45, 2.75) is 52.9 Å². The van der Waals surface area contributed by atoms with Crippen molar-refractivity contribution in [3.8, 4) is 0 Å². The topological polar surface area (TPSA) is 248 Å². The molecule has 0 spiro atoms. The number of aliphatic hydroxyl groups excluding tert-OH is 4. The highest BCUT2D eigenvalue weighted by atomic mass is 16.6. The number of carboxylic acid groups (broad SMARTS) is 2. The Labute approximate surface area is 315 Å². The van der Waals surface area contributed by atoms with Crippen LogP contribution in [-0.2, 0) is 57.0 Å². The van der Waals surface area contributed by atoms with Gasteiger partial charge in [-0.05, 0) is 34.6 Å². The van der Waals surface area contributed by atoms with Crippen molar-refractivity contribution < 1.29 is 87.6 Å². The van der Waals surface area contributed by atoms with Crippen LogP contribution in [-0.4, -0.2) is 200 Å². The third-order valence-corrected chi connectivity index (χ3v) is 5.30. The molecular weight excluding hydrogens is 708 g/mol. The molecule has 18 heteroatoms. The van der Waals surface area contributed by atoms with Crippen molar-refractivity contribution in [2.24, 2.45) is 0 Å². The molecule has 0 bridgehead atoms. The molecule has 0 aliphatic rings. The molecule has 0 aromatic rings. The summed E-state index contributed by atoms with van der Waals surface area (Å²) in [7, 11) is 0. The first-order valence-corrected chi connectivity index (χ1v) is 17.4. The average Bonchev–Trinajstić information content (AvgIpc) is 3.12. The smallest absolute Gasteiger partial charge is 0.330 e. The number of carboxylic acids is 2. The fourth-order valence-corrected chi connectivity index (χ4v) is 2.47. The quantitative estimate of drug-likeness (QED) is 0.0386. The lowest BCUT2D eigenvalue weighted by Gasteiger charge is -2.16. The Morgan fingerprint density at radius 3 is 0.887 bits per heavy atom. The Morgan fingerprint density at radius 1 is 0.472 bits per heavy atom. The number of carbonyl (C=O) groups is 2. The van der Waals surface area contributed by atoms with Gasteiger partial charge in [0.1, 0.15) is 0 Å². The van der Waals surface area contributed by atoms with Gasteiger partial charge in [-0.15, -0.1) is 0 Å². The number of rotatable bonds is 34. The normalized spacial score (nSPS) is 12.2. The highest BCUT2D eigenvalue weighted by Gasteiger charge is 2.07. The maximum absolute atomic E-state index is 9.60. The van der Waals surface area contributed by atoms with Gasteiger partial charge in [0.15, 0.2) is 0 Å². The minimum absolute atomic E-state index is 0.0170. The van der Waals surface area contributed by atoms with Gasteiger partial charge in [-0.1, -0.05) is 13.2 Å². The fourth-order valence-electron chi connectivity index (χ4n) is 2.47. The zero-order chi connectivity index (χ0) is 41.0. The first-order chi connectivity index (χ1) is 25.3. The molecule has 3 unspecified atom stereocenters. The summed E-state index contributed by atoms with van der Waals surface area (Å²) in [6, 6.07) is 0. The molecule has 0 saturated heterocycles. The van der Waals surface area contributed by atoms with E-state index in [-0.39, 0.29) is 43.2 Å². The molecule has 53 heavy (non-hydrogen) atoms. The molecule has 0 aliphatic carbocycles. The summed E-state index contributed by atoms with van der Waals surface area (Å²) in [6.07, 6.45) is -0.654. The third-order valence-electron chi connectivity index (χ3n) is 5.30. The zero-order valence-electron chi connectivity index (χ0n) is 32.6. The molecule has 0 aromatic heterocycles. The van der Waals surface area contributed by atoms with Crippen molar-refractivity contribution in [3.63, 3.8) is 0 Å². The molecule has 18 nitrogen and oxygen atoms in total. The summed E-state index contributed by atoms with van der Waals surface area (Å²) >= 11 is 0. The minimum Gasteiger partial charge on any atom is -0.478 e. The summed E-state index contributed by atoms with van der Waals surface area (Å²) in [4.78, 5) is 19.2. The van der Waals surface area contributed by atoms with E-state index in [1.165, 1.54) is 13.8 Å². The van der Waals surface area contributed by atoms with Crippen LogP contribution in [0.25, 0.3) is 0 Å². The molecule has 6 N–H and O–H groups in total. The van der Waals surface area contributed by atoms with Crippen molar-refractivity contribution in [1.29, 1.82) is 0 Å². The van der Waals surface area contributed by atoms with Crippen LogP contribution in [0.4, 0.5) is 0 Å². The standard InChI is InChI=1S/C18H38O10.C9H20O4.2C4H6O2/c19-1-3-21-5-7-23-9-11-25-13-15-27-17-18-28-16-14-26-12-10-24-8-6-22-4-2-20;1-7(11)5-12-9(3)6-13-8(2)4-10;2*1-3(2)4(5)6/h19-20H,1-18H2;7-11H,4-6H2,1-3H3;2*1H2,2H3,(H,5,6). The van der Waals surface area contributed by atoms with Gasteiger partial charge in [0, 0.05) is 11.1 Å². The van der Waals surface area contributed by atoms with Gasteiger partial charge in [-0.25, -0.2) is 9.59 Å². The second kappa shape index (κ2) is 47.9. The minimum atomic E-state index is -0.935. The molecule has 0 saturated carbocycles. The van der Waals surface area contributed by atoms with Crippen LogP contribution in [0.2, 0.25) is 0 Å². The van der Waals surface area contributed by atoms with E-state index >= 15 is 0 Å². The van der Waals surface area contributed by atoms with Crippen LogP contribution >= 0.6 is 0 Å². The second-order valence-electron chi connectivity index (χ2n) is 10.8. The Bertz CT molecular complexity index is 725. The first kappa shape index (κ1) is 57.6. The fraction of sp³-hybridized carbons (Fsp3) is 0.829. The zero-order valence-corrected chi connectivity index (χ0v) is 32.6. The monoisotopic (exact) mass is 778 g/mol. The van der Waals surface area contributed by atoms with Crippen molar-refractivity contribution in [3.05, 3.63) is 24.3 Å². The number of aliphatic hydroxyl groups is 4. The van der Waals surface area contributed by atoms with E-state index in [4.69, 9.17) is 78.0 Å². The van der Waals surface area contributed by atoms with Crippen molar-refractivity contribution in [2.75, 3.05) is 139 Å². The molecule has 3 atom stereocenters. The van der Waals surface area contributed by atoms with Crippen LogP contribution in [0.1, 0.15) is 34.6 Å². The van der Waals surface area contributed by atoms with Crippen LogP contribution in [0.15, 0.2) is 24.3 Å². The van der Waals surface area contributed by atoms with E-state index in [2.05, 4.69) is 13.2 Å². The second-order valence-corrected chi connectivity index (χ2v) is 10.8. The van der Waals surface area contributed by atoms with Gasteiger partial charge in [0.25, 0.3) is 0 Å². The van der Waals surface area contributed by atoms with Crippen molar-refractivity contribution >= 4 is 11.9 Å². The molecule has 0 radical (unpaired) electrons. The number of ether oxygens (including phenoxy) is 10. The molecule has 0 amide bonds. The maximum Gasteiger partial charge on any atom is 0.330 e. The third kappa shape index (κ3) is 62.2. The van der Waals surface area contributed by atoms with Gasteiger partial charge in [-0.2, -0.15) is 0 Å². The van der Waals surface area contributed by atoms with Gasteiger partial charge in [-0.3, -0.25) is 0 Å². The van der Waals surface area contributed by atoms with E-state index < -0.39 is 18.0 Å².